The molecular weight excluding hydrogens is 226 g/mol. The van der Waals surface area contributed by atoms with Gasteiger partial charge in [0.25, 0.3) is 0 Å². The quantitative estimate of drug-likeness (QED) is 0.281. The van der Waals surface area contributed by atoms with Crippen molar-refractivity contribution in [2.45, 2.75) is 12.8 Å². The number of guanidine groups is 1. The van der Waals surface area contributed by atoms with Crippen LogP contribution < -0.4 is 16.4 Å². The minimum Gasteiger partial charge on any atom is -0.370 e. The second-order valence-electron chi connectivity index (χ2n) is 3.79. The number of anilines is 1. The van der Waals surface area contributed by atoms with Crippen LogP contribution in [0.25, 0.3) is 0 Å². The molecule has 0 aliphatic carbocycles. The number of aliphatic imine (C=N–C) groups is 1. The zero-order valence-corrected chi connectivity index (χ0v) is 10.6. The molecule has 1 aromatic heterocycles. The van der Waals surface area contributed by atoms with E-state index >= 15 is 0 Å². The van der Waals surface area contributed by atoms with E-state index in [1.165, 1.54) is 0 Å². The molecule has 98 valence electrons. The first-order valence-electron chi connectivity index (χ1n) is 6.12. The van der Waals surface area contributed by atoms with Crippen LogP contribution >= 0.6 is 0 Å². The van der Waals surface area contributed by atoms with Crippen LogP contribution in [0.15, 0.2) is 42.0 Å². The molecule has 0 fully saturated rings. The van der Waals surface area contributed by atoms with Gasteiger partial charge in [-0.05, 0) is 25.0 Å². The standard InChI is InChI=1S/C13H21N5/c1-2-8-17-13(14)18-11-6-5-10-16-12-7-3-4-9-15-12/h2-4,7,9H,1,5-6,8,10-11H2,(H,15,16)(H3,14,17,18). The lowest BCUT2D eigenvalue weighted by Gasteiger charge is -2.04. The van der Waals surface area contributed by atoms with Crippen LogP contribution in [0.4, 0.5) is 5.82 Å². The largest absolute Gasteiger partial charge is 0.370 e. The van der Waals surface area contributed by atoms with Crippen LogP contribution in [-0.4, -0.2) is 30.6 Å². The van der Waals surface area contributed by atoms with E-state index in [1.54, 1.807) is 12.3 Å². The van der Waals surface area contributed by atoms with Gasteiger partial charge in [0.2, 0.25) is 0 Å². The Hall–Kier alpha value is -2.04. The zero-order chi connectivity index (χ0) is 13.1. The third-order valence-electron chi connectivity index (χ3n) is 2.27. The van der Waals surface area contributed by atoms with Crippen LogP contribution in [0, 0.1) is 0 Å². The molecule has 5 heteroatoms. The minimum absolute atomic E-state index is 0.479. The van der Waals surface area contributed by atoms with Crippen LogP contribution in [-0.2, 0) is 0 Å². The van der Waals surface area contributed by atoms with Gasteiger partial charge >= 0.3 is 0 Å². The average Bonchev–Trinajstić information content (AvgIpc) is 2.41. The van der Waals surface area contributed by atoms with Gasteiger partial charge in [0.05, 0.1) is 0 Å². The Morgan fingerprint density at radius 1 is 1.44 bits per heavy atom. The molecule has 0 amide bonds. The summed E-state index contributed by atoms with van der Waals surface area (Å²) < 4.78 is 0. The van der Waals surface area contributed by atoms with E-state index in [1.807, 2.05) is 18.2 Å². The Kier molecular flexibility index (Phi) is 7.04. The predicted octanol–water partition coefficient (Wildman–Crippen LogP) is 1.36. The van der Waals surface area contributed by atoms with Crippen molar-refractivity contribution in [3.63, 3.8) is 0 Å². The van der Waals surface area contributed by atoms with Gasteiger partial charge < -0.3 is 16.4 Å². The van der Waals surface area contributed by atoms with Crippen molar-refractivity contribution < 1.29 is 0 Å². The van der Waals surface area contributed by atoms with Crippen LogP contribution in [0.2, 0.25) is 0 Å². The molecule has 0 spiro atoms. The molecule has 0 aliphatic heterocycles. The smallest absolute Gasteiger partial charge is 0.188 e. The number of nitrogens with two attached hydrogens (primary N) is 1. The summed E-state index contributed by atoms with van der Waals surface area (Å²) in [5.74, 6) is 1.39. The van der Waals surface area contributed by atoms with E-state index in [4.69, 9.17) is 5.73 Å². The van der Waals surface area contributed by atoms with Crippen LogP contribution in [0.1, 0.15) is 12.8 Å². The molecule has 0 unspecified atom stereocenters. The molecule has 1 rings (SSSR count). The average molecular weight is 247 g/mol. The second-order valence-corrected chi connectivity index (χ2v) is 3.79. The summed E-state index contributed by atoms with van der Waals surface area (Å²) in [6.07, 6.45) is 5.56. The van der Waals surface area contributed by atoms with Gasteiger partial charge in [0.15, 0.2) is 5.96 Å². The van der Waals surface area contributed by atoms with Gasteiger partial charge in [-0.2, -0.15) is 0 Å². The maximum Gasteiger partial charge on any atom is 0.188 e. The van der Waals surface area contributed by atoms with Crippen molar-refractivity contribution >= 4 is 11.8 Å². The molecule has 4 N–H and O–H groups in total. The maximum atomic E-state index is 5.63. The Morgan fingerprint density at radius 3 is 3.06 bits per heavy atom. The molecule has 1 aromatic rings. The summed E-state index contributed by atoms with van der Waals surface area (Å²) in [6.45, 7) is 5.88. The summed E-state index contributed by atoms with van der Waals surface area (Å²) in [7, 11) is 0. The third-order valence-corrected chi connectivity index (χ3v) is 2.27. The first-order valence-corrected chi connectivity index (χ1v) is 6.12. The molecule has 0 saturated heterocycles. The van der Waals surface area contributed by atoms with Crippen LogP contribution in [0.5, 0.6) is 0 Å². The highest BCUT2D eigenvalue weighted by Gasteiger charge is 1.92. The molecule has 1 heterocycles. The van der Waals surface area contributed by atoms with Crippen molar-refractivity contribution in [3.05, 3.63) is 37.1 Å². The summed E-state index contributed by atoms with van der Waals surface area (Å²) in [6, 6.07) is 5.82. The number of nitrogens with one attached hydrogen (secondary N) is 2. The fourth-order valence-electron chi connectivity index (χ4n) is 1.35. The number of nitrogens with zero attached hydrogens (tertiary/aromatic N) is 2. The Balaban J connectivity index is 2.03. The van der Waals surface area contributed by atoms with E-state index < -0.39 is 0 Å². The van der Waals surface area contributed by atoms with E-state index in [0.29, 0.717) is 12.5 Å². The van der Waals surface area contributed by atoms with Crippen molar-refractivity contribution in [1.82, 2.24) is 10.3 Å². The number of unbranched alkanes of at least 4 members (excludes halogenated alkanes) is 1. The number of rotatable bonds is 8. The summed E-state index contributed by atoms with van der Waals surface area (Å²) >= 11 is 0. The normalized spacial score (nSPS) is 11.0. The fraction of sp³-hybridized carbons (Fsp3) is 0.385. The monoisotopic (exact) mass is 247 g/mol. The summed E-state index contributed by atoms with van der Waals surface area (Å²) in [4.78, 5) is 8.38. The second kappa shape index (κ2) is 9.04. The van der Waals surface area contributed by atoms with Gasteiger partial charge in [0, 0.05) is 25.8 Å². The lowest BCUT2D eigenvalue weighted by Crippen LogP contribution is -2.31. The van der Waals surface area contributed by atoms with Crippen molar-refractivity contribution in [2.24, 2.45) is 10.7 Å². The van der Waals surface area contributed by atoms with E-state index in [0.717, 1.165) is 31.7 Å². The SMILES string of the molecule is C=CCNC(N)=NCCCCNc1ccccn1. The van der Waals surface area contributed by atoms with Gasteiger partial charge in [-0.3, -0.25) is 4.99 Å². The molecule has 5 nitrogen and oxygen atoms in total. The topological polar surface area (TPSA) is 75.3 Å². The molecule has 0 radical (unpaired) electrons. The first-order chi connectivity index (χ1) is 8.83. The van der Waals surface area contributed by atoms with Gasteiger partial charge in [-0.25, -0.2) is 4.98 Å². The van der Waals surface area contributed by atoms with E-state index in [9.17, 15) is 0 Å². The Morgan fingerprint density at radius 2 is 2.33 bits per heavy atom. The first kappa shape index (κ1) is 14.0. The van der Waals surface area contributed by atoms with Crippen LogP contribution in [0.3, 0.4) is 0 Å². The van der Waals surface area contributed by atoms with Crippen molar-refractivity contribution in [2.75, 3.05) is 25.0 Å². The van der Waals surface area contributed by atoms with E-state index in [-0.39, 0.29) is 0 Å². The number of aromatic nitrogens is 1. The zero-order valence-electron chi connectivity index (χ0n) is 10.6. The predicted molar refractivity (Wildman–Crippen MR) is 76.6 cm³/mol. The molecular formula is C13H21N5. The maximum absolute atomic E-state index is 5.63. The molecule has 18 heavy (non-hydrogen) atoms. The Bertz CT molecular complexity index is 361. The number of hydrogen-bond acceptors (Lipinski definition) is 3. The third kappa shape index (κ3) is 6.52. The highest BCUT2D eigenvalue weighted by Crippen LogP contribution is 2.00. The molecule has 0 bridgehead atoms. The minimum atomic E-state index is 0.479. The fourth-order valence-corrected chi connectivity index (χ4v) is 1.35. The summed E-state index contributed by atoms with van der Waals surface area (Å²) in [5, 5.41) is 6.18. The van der Waals surface area contributed by atoms with Gasteiger partial charge in [-0.15, -0.1) is 6.58 Å². The highest BCUT2D eigenvalue weighted by atomic mass is 15.1. The Labute approximate surface area is 108 Å². The molecule has 0 aliphatic rings. The van der Waals surface area contributed by atoms with Gasteiger partial charge in [-0.1, -0.05) is 12.1 Å². The van der Waals surface area contributed by atoms with Crippen molar-refractivity contribution in [1.29, 1.82) is 0 Å². The van der Waals surface area contributed by atoms with Crippen molar-refractivity contribution in [3.8, 4) is 0 Å². The molecule has 0 aromatic carbocycles. The highest BCUT2D eigenvalue weighted by molar-refractivity contribution is 5.77. The lowest BCUT2D eigenvalue weighted by molar-refractivity contribution is 0.768. The molecule has 0 saturated carbocycles. The number of pyridine rings is 1. The van der Waals surface area contributed by atoms with Gasteiger partial charge in [0.1, 0.15) is 5.82 Å². The molecule has 0 atom stereocenters. The lowest BCUT2D eigenvalue weighted by atomic mass is 10.3. The number of hydrogen-bond donors (Lipinski definition) is 3. The van der Waals surface area contributed by atoms with E-state index in [2.05, 4.69) is 27.2 Å². The summed E-state index contributed by atoms with van der Waals surface area (Å²) in [5.41, 5.74) is 5.63.